The van der Waals surface area contributed by atoms with Crippen LogP contribution in [0, 0.1) is 18.7 Å². The Labute approximate surface area is 313 Å². The number of hydrogen-bond acceptors (Lipinski definition) is 8. The van der Waals surface area contributed by atoms with Gasteiger partial charge >= 0.3 is 6.03 Å². The molecule has 7 rings (SSSR count). The Balaban J connectivity index is 1.24. The molecule has 3 heterocycles. The normalized spacial score (nSPS) is 23.1. The van der Waals surface area contributed by atoms with Gasteiger partial charge in [0.05, 0.1) is 31.7 Å². The molecule has 4 unspecified atom stereocenters. The summed E-state index contributed by atoms with van der Waals surface area (Å²) in [6, 6.07) is 15.8. The van der Waals surface area contributed by atoms with E-state index >= 15 is 0 Å². The summed E-state index contributed by atoms with van der Waals surface area (Å²) in [5.74, 6) is 0.222. The van der Waals surface area contributed by atoms with E-state index in [1.165, 1.54) is 12.1 Å². The van der Waals surface area contributed by atoms with Crippen molar-refractivity contribution >= 4 is 28.7 Å². The Morgan fingerprint density at radius 1 is 1.00 bits per heavy atom. The molecule has 12 nitrogen and oxygen atoms in total. The minimum Gasteiger partial charge on any atom is -0.497 e. The molecule has 54 heavy (non-hydrogen) atoms. The molecular formula is C41H45FN6O6. The maximum atomic E-state index is 14.7. The molecule has 3 N–H and O–H groups in total. The topological polar surface area (TPSA) is 149 Å². The van der Waals surface area contributed by atoms with Crippen molar-refractivity contribution in [2.75, 3.05) is 27.3 Å². The molecule has 3 aromatic carbocycles. The number of nitrogens with two attached hydrogens (primary N) is 1. The lowest BCUT2D eigenvalue weighted by Crippen LogP contribution is -2.56. The van der Waals surface area contributed by atoms with Gasteiger partial charge in [0.25, 0.3) is 0 Å². The fourth-order valence-electron chi connectivity index (χ4n) is 7.51. The minimum atomic E-state index is -1.21. The quantitative estimate of drug-likeness (QED) is 0.219. The zero-order chi connectivity index (χ0) is 38.0. The lowest BCUT2D eigenvalue weighted by atomic mass is 10.1. The smallest absolute Gasteiger partial charge is 0.321 e. The van der Waals surface area contributed by atoms with Crippen LogP contribution >= 0.6 is 0 Å². The second-order valence-electron chi connectivity index (χ2n) is 14.3. The molecule has 4 amide bonds. The largest absolute Gasteiger partial charge is 0.497 e. The number of primary amides is 1. The van der Waals surface area contributed by atoms with E-state index in [1.54, 1.807) is 36.2 Å². The Kier molecular flexibility index (Phi) is 10.4. The molecular weight excluding hydrogens is 691 g/mol. The summed E-state index contributed by atoms with van der Waals surface area (Å²) in [5.41, 5.74) is 7.52. The van der Waals surface area contributed by atoms with Gasteiger partial charge in [0.15, 0.2) is 5.82 Å². The van der Waals surface area contributed by atoms with Crippen molar-refractivity contribution in [2.24, 2.45) is 11.7 Å². The summed E-state index contributed by atoms with van der Waals surface area (Å²) in [6.07, 6.45) is 7.32. The van der Waals surface area contributed by atoms with Crippen LogP contribution in [0.3, 0.4) is 0 Å². The number of aromatic nitrogens is 2. The van der Waals surface area contributed by atoms with E-state index in [1.807, 2.05) is 49.4 Å². The monoisotopic (exact) mass is 736 g/mol. The molecule has 0 radical (unpaired) electrons. The number of urea groups is 1. The molecule has 0 spiro atoms. The first-order valence-electron chi connectivity index (χ1n) is 18.3. The SMILES string of the molecule is COc1ccc(CN2CCCCCC=CC3CC3(C(N)=O)NC(=O)C3CC(Oc4nc(-c5ccc(F)cc5)nc5c(C)c(OC)ccc45)CN3C2=O)cc1. The van der Waals surface area contributed by atoms with Crippen molar-refractivity contribution in [3.05, 3.63) is 89.8 Å². The summed E-state index contributed by atoms with van der Waals surface area (Å²) < 4.78 is 31.4. The van der Waals surface area contributed by atoms with E-state index in [0.29, 0.717) is 53.3 Å². The maximum absolute atomic E-state index is 14.7. The number of halogens is 1. The molecule has 1 aromatic heterocycles. The fourth-order valence-corrected chi connectivity index (χ4v) is 7.51. The van der Waals surface area contributed by atoms with Crippen molar-refractivity contribution in [3.8, 4) is 28.8 Å². The van der Waals surface area contributed by atoms with Gasteiger partial charge in [-0.25, -0.2) is 14.2 Å². The van der Waals surface area contributed by atoms with Crippen molar-refractivity contribution in [1.29, 1.82) is 0 Å². The van der Waals surface area contributed by atoms with Gasteiger partial charge in [-0.3, -0.25) is 9.59 Å². The molecule has 4 aromatic rings. The third kappa shape index (κ3) is 7.39. The molecule has 2 fully saturated rings. The van der Waals surface area contributed by atoms with Gasteiger partial charge in [0.1, 0.15) is 35.0 Å². The van der Waals surface area contributed by atoms with Crippen molar-refractivity contribution in [1.82, 2.24) is 25.1 Å². The summed E-state index contributed by atoms with van der Waals surface area (Å²) in [4.78, 5) is 54.6. The van der Waals surface area contributed by atoms with E-state index in [9.17, 15) is 18.8 Å². The number of nitrogens with zero attached hydrogens (tertiary/aromatic N) is 4. The highest BCUT2D eigenvalue weighted by Gasteiger charge is 2.60. The highest BCUT2D eigenvalue weighted by Crippen LogP contribution is 2.45. The zero-order valence-corrected chi connectivity index (χ0v) is 30.7. The van der Waals surface area contributed by atoms with Crippen molar-refractivity contribution in [2.45, 2.75) is 69.7 Å². The first kappa shape index (κ1) is 36.6. The number of allylic oxidation sites excluding steroid dienone is 1. The van der Waals surface area contributed by atoms with Gasteiger partial charge in [0.2, 0.25) is 17.7 Å². The van der Waals surface area contributed by atoms with E-state index in [0.717, 1.165) is 36.8 Å². The second-order valence-corrected chi connectivity index (χ2v) is 14.3. The number of amides is 4. The van der Waals surface area contributed by atoms with E-state index in [4.69, 9.17) is 29.9 Å². The number of aryl methyl sites for hydroxylation is 1. The second kappa shape index (κ2) is 15.3. The Bertz CT molecular complexity index is 2080. The maximum Gasteiger partial charge on any atom is 0.321 e. The molecule has 4 atom stereocenters. The van der Waals surface area contributed by atoms with Gasteiger partial charge in [-0.2, -0.15) is 4.98 Å². The number of nitrogens with one attached hydrogen (secondary N) is 1. The highest BCUT2D eigenvalue weighted by atomic mass is 19.1. The average molecular weight is 737 g/mol. The van der Waals surface area contributed by atoms with Crippen LogP contribution in [0.5, 0.6) is 17.4 Å². The first-order valence-corrected chi connectivity index (χ1v) is 18.3. The predicted molar refractivity (Wildman–Crippen MR) is 200 cm³/mol. The van der Waals surface area contributed by atoms with Crippen molar-refractivity contribution in [3.63, 3.8) is 0 Å². The van der Waals surface area contributed by atoms with Gasteiger partial charge in [0, 0.05) is 36.6 Å². The number of fused-ring (bicyclic) bond motifs is 3. The first-order chi connectivity index (χ1) is 26.1. The lowest BCUT2D eigenvalue weighted by molar-refractivity contribution is -0.130. The summed E-state index contributed by atoms with van der Waals surface area (Å²) in [5, 5.41) is 3.57. The Morgan fingerprint density at radius 2 is 1.78 bits per heavy atom. The van der Waals surface area contributed by atoms with Crippen LogP contribution in [-0.4, -0.2) is 82.6 Å². The zero-order valence-electron chi connectivity index (χ0n) is 30.7. The highest BCUT2D eigenvalue weighted by molar-refractivity contribution is 5.97. The van der Waals surface area contributed by atoms with E-state index in [-0.39, 0.29) is 30.8 Å². The van der Waals surface area contributed by atoms with Gasteiger partial charge in [-0.15, -0.1) is 0 Å². The Morgan fingerprint density at radius 3 is 2.50 bits per heavy atom. The van der Waals surface area contributed by atoms with Crippen LogP contribution in [-0.2, 0) is 16.1 Å². The molecule has 13 heteroatoms. The third-order valence-electron chi connectivity index (χ3n) is 10.7. The lowest BCUT2D eigenvalue weighted by Gasteiger charge is -2.32. The van der Waals surface area contributed by atoms with Crippen LogP contribution < -0.4 is 25.3 Å². The third-order valence-corrected chi connectivity index (χ3v) is 10.7. The fraction of sp³-hybridized carbons (Fsp3) is 0.390. The standard InChI is InChI=1S/C41H45FN6O6/c1-25-34(53-3)19-18-32-35(25)44-36(27-12-14-29(42)15-13-27)45-38(32)54-31-21-33-37(49)46-41(39(43)50)22-28(41)9-7-5-4-6-8-20-47(40(51)48(33)24-31)23-26-10-16-30(52-2)17-11-26/h7,9-19,28,31,33H,4-6,8,20-24H2,1-3H3,(H2,43,50)(H,46,49). The van der Waals surface area contributed by atoms with Gasteiger partial charge in [-0.05, 0) is 86.7 Å². The number of carbonyl (C=O) groups excluding carboxylic acids is 3. The van der Waals surface area contributed by atoms with Gasteiger partial charge < -0.3 is 35.1 Å². The molecule has 1 saturated heterocycles. The average Bonchev–Trinajstić information content (AvgIpc) is 3.71. The number of hydrogen-bond donors (Lipinski definition) is 2. The van der Waals surface area contributed by atoms with Crippen LogP contribution in [0.25, 0.3) is 22.3 Å². The molecule has 0 bridgehead atoms. The number of ether oxygens (including phenoxy) is 3. The van der Waals surface area contributed by atoms with Crippen LogP contribution in [0.15, 0.2) is 72.8 Å². The number of rotatable bonds is 8. The van der Waals surface area contributed by atoms with Crippen LogP contribution in [0.4, 0.5) is 9.18 Å². The van der Waals surface area contributed by atoms with Crippen LogP contribution in [0.2, 0.25) is 0 Å². The summed E-state index contributed by atoms with van der Waals surface area (Å²) in [7, 11) is 3.18. The van der Waals surface area contributed by atoms with Crippen molar-refractivity contribution < 1.29 is 33.0 Å². The van der Waals surface area contributed by atoms with E-state index < -0.39 is 35.3 Å². The molecule has 1 saturated carbocycles. The molecule has 2 aliphatic heterocycles. The van der Waals surface area contributed by atoms with Crippen LogP contribution in [0.1, 0.15) is 49.7 Å². The number of methoxy groups -OCH3 is 2. The molecule has 3 aliphatic rings. The number of benzene rings is 3. The predicted octanol–water partition coefficient (Wildman–Crippen LogP) is 5.70. The molecule has 1 aliphatic carbocycles. The molecule has 282 valence electrons. The van der Waals surface area contributed by atoms with E-state index in [2.05, 4.69) is 11.4 Å². The number of carbonyl (C=O) groups is 3. The van der Waals surface area contributed by atoms with Gasteiger partial charge in [-0.1, -0.05) is 30.7 Å². The summed E-state index contributed by atoms with van der Waals surface area (Å²) >= 11 is 0. The minimum absolute atomic E-state index is 0.0788. The Hall–Kier alpha value is -5.72. The summed E-state index contributed by atoms with van der Waals surface area (Å²) in [6.45, 7) is 2.77.